The lowest BCUT2D eigenvalue weighted by Gasteiger charge is -2.13. The number of carbonyl (C=O) groups excluding carboxylic acids is 1. The fraction of sp³-hybridized carbons (Fsp3) is 0.333. The van der Waals surface area contributed by atoms with Crippen LogP contribution in [-0.4, -0.2) is 29.8 Å². The van der Waals surface area contributed by atoms with E-state index in [4.69, 9.17) is 0 Å². The second-order valence-corrected chi connectivity index (χ2v) is 7.74. The number of aromatic amines is 1. The first kappa shape index (κ1) is 17.1. The van der Waals surface area contributed by atoms with Crippen LogP contribution in [0.4, 0.5) is 10.1 Å². The average Bonchev–Trinajstić information content (AvgIpc) is 2.79. The van der Waals surface area contributed by atoms with Crippen molar-refractivity contribution in [2.24, 2.45) is 0 Å². The van der Waals surface area contributed by atoms with Gasteiger partial charge in [0.25, 0.3) is 0 Å². The Labute approximate surface area is 134 Å². The van der Waals surface area contributed by atoms with Gasteiger partial charge >= 0.3 is 0 Å². The number of hydrogen-bond donors (Lipinski definition) is 2. The molecule has 124 valence electrons. The molecule has 0 aliphatic heterocycles. The van der Waals surface area contributed by atoms with Gasteiger partial charge in [-0.2, -0.15) is 5.10 Å². The molecule has 1 atom stereocenters. The second-order valence-electron chi connectivity index (χ2n) is 5.37. The summed E-state index contributed by atoms with van der Waals surface area (Å²) < 4.78 is 37.7. The van der Waals surface area contributed by atoms with Gasteiger partial charge in [-0.15, -0.1) is 0 Å². The normalized spacial score (nSPS) is 12.9. The number of halogens is 1. The molecule has 2 aromatic rings. The van der Waals surface area contributed by atoms with E-state index < -0.39 is 26.8 Å². The Morgan fingerprint density at radius 1 is 1.30 bits per heavy atom. The summed E-state index contributed by atoms with van der Waals surface area (Å²) in [6, 6.07) is 4.56. The van der Waals surface area contributed by atoms with E-state index in [2.05, 4.69) is 15.5 Å². The number of amides is 1. The third-order valence-corrected chi connectivity index (χ3v) is 5.69. The molecule has 0 unspecified atom stereocenters. The van der Waals surface area contributed by atoms with Crippen molar-refractivity contribution in [3.05, 3.63) is 41.5 Å². The molecule has 1 heterocycles. The molecule has 0 bridgehead atoms. The summed E-state index contributed by atoms with van der Waals surface area (Å²) in [6.07, 6.45) is -0.205. The Morgan fingerprint density at radius 2 is 1.91 bits per heavy atom. The molecule has 1 aromatic heterocycles. The van der Waals surface area contributed by atoms with Crippen LogP contribution in [-0.2, 0) is 14.6 Å². The van der Waals surface area contributed by atoms with Gasteiger partial charge in [0.15, 0.2) is 9.84 Å². The van der Waals surface area contributed by atoms with E-state index in [1.807, 2.05) is 0 Å². The summed E-state index contributed by atoms with van der Waals surface area (Å²) in [6.45, 7) is 4.94. The first-order chi connectivity index (χ1) is 10.7. The number of carbonyl (C=O) groups is 1. The molecule has 0 radical (unpaired) electrons. The van der Waals surface area contributed by atoms with Crippen molar-refractivity contribution in [1.29, 1.82) is 0 Å². The van der Waals surface area contributed by atoms with Crippen LogP contribution in [0.25, 0.3) is 0 Å². The summed E-state index contributed by atoms with van der Waals surface area (Å²) in [5.41, 5.74) is 1.89. The topological polar surface area (TPSA) is 91.9 Å². The number of nitrogens with zero attached hydrogens (tertiary/aromatic N) is 1. The van der Waals surface area contributed by atoms with Crippen molar-refractivity contribution in [3.63, 3.8) is 0 Å². The number of aromatic nitrogens is 2. The minimum Gasteiger partial charge on any atom is -0.323 e. The lowest BCUT2D eigenvalue weighted by Crippen LogP contribution is -2.25. The number of sulfone groups is 1. The highest BCUT2D eigenvalue weighted by molar-refractivity contribution is 7.92. The predicted molar refractivity (Wildman–Crippen MR) is 84.4 cm³/mol. The average molecular weight is 339 g/mol. The van der Waals surface area contributed by atoms with Gasteiger partial charge in [-0.25, -0.2) is 12.8 Å². The van der Waals surface area contributed by atoms with E-state index in [9.17, 15) is 17.6 Å². The SMILES string of the molecule is Cc1n[nH]c(C)c1NC(=O)C[C@@H](C)S(=O)(=O)c1ccc(F)cc1. The van der Waals surface area contributed by atoms with Crippen molar-refractivity contribution in [3.8, 4) is 0 Å². The highest BCUT2D eigenvalue weighted by Crippen LogP contribution is 2.21. The zero-order valence-corrected chi connectivity index (χ0v) is 13.9. The maximum Gasteiger partial charge on any atom is 0.225 e. The maximum atomic E-state index is 12.9. The third kappa shape index (κ3) is 3.76. The second kappa shape index (κ2) is 6.49. The van der Waals surface area contributed by atoms with E-state index in [0.717, 1.165) is 12.1 Å². The van der Waals surface area contributed by atoms with Gasteiger partial charge in [0.2, 0.25) is 5.91 Å². The minimum atomic E-state index is -3.70. The monoisotopic (exact) mass is 339 g/mol. The molecular weight excluding hydrogens is 321 g/mol. The molecule has 6 nitrogen and oxygen atoms in total. The molecular formula is C15H18FN3O3S. The molecule has 0 saturated heterocycles. The molecule has 1 amide bonds. The van der Waals surface area contributed by atoms with Crippen LogP contribution < -0.4 is 5.32 Å². The van der Waals surface area contributed by atoms with Crippen LogP contribution in [0.3, 0.4) is 0 Å². The largest absolute Gasteiger partial charge is 0.323 e. The van der Waals surface area contributed by atoms with Gasteiger partial charge in [-0.05, 0) is 45.0 Å². The van der Waals surface area contributed by atoms with Gasteiger partial charge in [0.1, 0.15) is 5.82 Å². The number of aryl methyl sites for hydroxylation is 2. The van der Waals surface area contributed by atoms with Gasteiger partial charge in [0, 0.05) is 6.42 Å². The number of benzene rings is 1. The summed E-state index contributed by atoms with van der Waals surface area (Å²) in [5.74, 6) is -0.934. The van der Waals surface area contributed by atoms with E-state index in [1.54, 1.807) is 13.8 Å². The van der Waals surface area contributed by atoms with Crippen molar-refractivity contribution in [1.82, 2.24) is 10.2 Å². The van der Waals surface area contributed by atoms with Crippen LogP contribution >= 0.6 is 0 Å². The van der Waals surface area contributed by atoms with Crippen LogP contribution in [0.5, 0.6) is 0 Å². The molecule has 8 heteroatoms. The van der Waals surface area contributed by atoms with E-state index >= 15 is 0 Å². The Balaban J connectivity index is 2.10. The summed E-state index contributed by atoms with van der Waals surface area (Å²) in [5, 5.41) is 8.43. The summed E-state index contributed by atoms with van der Waals surface area (Å²) in [7, 11) is -3.70. The Hall–Kier alpha value is -2.22. The quantitative estimate of drug-likeness (QED) is 0.818. The number of hydrogen-bond acceptors (Lipinski definition) is 4. The lowest BCUT2D eigenvalue weighted by molar-refractivity contribution is -0.116. The first-order valence-corrected chi connectivity index (χ1v) is 8.57. The highest BCUT2D eigenvalue weighted by atomic mass is 32.2. The van der Waals surface area contributed by atoms with Gasteiger partial charge in [-0.1, -0.05) is 0 Å². The minimum absolute atomic E-state index is 0.00475. The van der Waals surface area contributed by atoms with Crippen LogP contribution in [0.2, 0.25) is 0 Å². The Kier molecular flexibility index (Phi) is 4.84. The molecule has 23 heavy (non-hydrogen) atoms. The fourth-order valence-electron chi connectivity index (χ4n) is 2.15. The summed E-state index contributed by atoms with van der Waals surface area (Å²) >= 11 is 0. The molecule has 2 rings (SSSR count). The number of nitrogens with one attached hydrogen (secondary N) is 2. The first-order valence-electron chi connectivity index (χ1n) is 7.02. The van der Waals surface area contributed by atoms with Crippen LogP contribution in [0.1, 0.15) is 24.7 Å². The molecule has 0 saturated carbocycles. The van der Waals surface area contributed by atoms with Crippen molar-refractivity contribution >= 4 is 21.4 Å². The van der Waals surface area contributed by atoms with Crippen LogP contribution in [0, 0.1) is 19.7 Å². The number of anilines is 1. The van der Waals surface area contributed by atoms with Gasteiger partial charge < -0.3 is 5.32 Å². The number of rotatable bonds is 5. The van der Waals surface area contributed by atoms with Crippen molar-refractivity contribution in [2.75, 3.05) is 5.32 Å². The van der Waals surface area contributed by atoms with Crippen molar-refractivity contribution in [2.45, 2.75) is 37.3 Å². The number of H-pyrrole nitrogens is 1. The zero-order valence-electron chi connectivity index (χ0n) is 13.1. The molecule has 1 aromatic carbocycles. The molecule has 0 spiro atoms. The van der Waals surface area contributed by atoms with E-state index in [1.165, 1.54) is 19.1 Å². The fourth-order valence-corrected chi connectivity index (χ4v) is 3.50. The van der Waals surface area contributed by atoms with E-state index in [0.29, 0.717) is 17.1 Å². The predicted octanol–water partition coefficient (Wildman–Crippen LogP) is 2.36. The highest BCUT2D eigenvalue weighted by Gasteiger charge is 2.26. The standard InChI is InChI=1S/C15H18FN3O3S/c1-9(23(21,22)13-6-4-12(16)5-7-13)8-14(20)17-15-10(2)18-19-11(15)3/h4-7,9H,8H2,1-3H3,(H,17,20)(H,18,19)/t9-/m1/s1. The zero-order chi connectivity index (χ0) is 17.2. The van der Waals surface area contributed by atoms with Gasteiger partial charge in [0.05, 0.1) is 27.2 Å². The third-order valence-electron chi connectivity index (χ3n) is 3.54. The Morgan fingerprint density at radius 3 is 2.43 bits per heavy atom. The lowest BCUT2D eigenvalue weighted by atomic mass is 10.2. The van der Waals surface area contributed by atoms with E-state index in [-0.39, 0.29) is 11.3 Å². The van der Waals surface area contributed by atoms with Gasteiger partial charge in [-0.3, -0.25) is 9.89 Å². The van der Waals surface area contributed by atoms with Crippen LogP contribution in [0.15, 0.2) is 29.2 Å². The summed E-state index contributed by atoms with van der Waals surface area (Å²) in [4.78, 5) is 12.1. The Bertz CT molecular complexity index is 793. The molecule has 0 aliphatic carbocycles. The molecule has 0 fully saturated rings. The van der Waals surface area contributed by atoms with Crippen molar-refractivity contribution < 1.29 is 17.6 Å². The molecule has 2 N–H and O–H groups in total. The smallest absolute Gasteiger partial charge is 0.225 e. The maximum absolute atomic E-state index is 12.9. The molecule has 0 aliphatic rings.